The van der Waals surface area contributed by atoms with Crippen molar-refractivity contribution in [1.82, 2.24) is 20.5 Å². The number of carbonyl (C=O) groups excluding carboxylic acids is 1. The predicted molar refractivity (Wildman–Crippen MR) is 148 cm³/mol. The van der Waals surface area contributed by atoms with Crippen LogP contribution in [0.1, 0.15) is 47.1 Å². The molecule has 1 aliphatic heterocycles. The van der Waals surface area contributed by atoms with Crippen molar-refractivity contribution in [2.75, 3.05) is 6.61 Å². The van der Waals surface area contributed by atoms with Gasteiger partial charge in [0.05, 0.1) is 6.04 Å². The smallest absolute Gasteiger partial charge is 0.410 e. The molecule has 0 fully saturated rings. The molecule has 0 bridgehead atoms. The van der Waals surface area contributed by atoms with Crippen LogP contribution >= 0.6 is 27.5 Å². The molecule has 0 saturated carbocycles. The highest BCUT2D eigenvalue weighted by atomic mass is 79.9. The van der Waals surface area contributed by atoms with Gasteiger partial charge >= 0.3 is 12.2 Å². The molecule has 3 rings (SSSR count). The number of hydrogen-bond acceptors (Lipinski definition) is 5. The summed E-state index contributed by atoms with van der Waals surface area (Å²) < 4.78 is 12.2. The zero-order valence-electron chi connectivity index (χ0n) is 21.8. The van der Waals surface area contributed by atoms with E-state index in [2.05, 4.69) is 31.5 Å². The predicted octanol–water partition coefficient (Wildman–Crippen LogP) is 6.01. The zero-order chi connectivity index (χ0) is 27.5. The molecule has 37 heavy (non-hydrogen) atoms. The molecule has 0 saturated heterocycles. The number of amides is 2. The van der Waals surface area contributed by atoms with Gasteiger partial charge in [0.1, 0.15) is 17.7 Å². The number of nitrogens with zero attached hydrogens (tertiary/aromatic N) is 1. The highest BCUT2D eigenvalue weighted by Crippen LogP contribution is 2.37. The van der Waals surface area contributed by atoms with E-state index in [1.165, 1.54) is 0 Å². The molecule has 2 amide bonds. The Morgan fingerprint density at radius 3 is 2.51 bits per heavy atom. The van der Waals surface area contributed by atoms with Gasteiger partial charge in [-0.2, -0.15) is 0 Å². The van der Waals surface area contributed by atoms with E-state index in [9.17, 15) is 14.7 Å². The summed E-state index contributed by atoms with van der Waals surface area (Å²) in [5, 5.41) is 15.9. The molecule has 1 unspecified atom stereocenters. The van der Waals surface area contributed by atoms with Crippen molar-refractivity contribution in [2.24, 2.45) is 0 Å². The van der Waals surface area contributed by atoms with Gasteiger partial charge in [-0.3, -0.25) is 5.32 Å². The highest BCUT2D eigenvalue weighted by Gasteiger charge is 2.37. The van der Waals surface area contributed by atoms with Gasteiger partial charge in [0.2, 0.25) is 0 Å². The fourth-order valence-electron chi connectivity index (χ4n) is 4.01. The van der Waals surface area contributed by atoms with E-state index in [0.717, 1.165) is 16.5 Å². The van der Waals surface area contributed by atoms with Crippen molar-refractivity contribution in [3.05, 3.63) is 58.2 Å². The fourth-order valence-corrected chi connectivity index (χ4v) is 4.87. The van der Waals surface area contributed by atoms with Crippen molar-refractivity contribution in [1.29, 1.82) is 0 Å². The lowest BCUT2D eigenvalue weighted by Gasteiger charge is -2.44. The quantitative estimate of drug-likeness (QED) is 0.229. The number of rotatable bonds is 7. The van der Waals surface area contributed by atoms with Crippen LogP contribution in [0.15, 0.2) is 52.6 Å². The fraction of sp³-hybridized carbons (Fsp3) is 0.462. The number of para-hydroxylation sites is 1. The molecule has 2 heterocycles. The Morgan fingerprint density at radius 1 is 1.22 bits per heavy atom. The number of carbonyl (C=O) groups is 2. The van der Waals surface area contributed by atoms with Gasteiger partial charge in [-0.15, -0.1) is 0 Å². The maximum atomic E-state index is 12.7. The van der Waals surface area contributed by atoms with Crippen LogP contribution < -0.4 is 10.6 Å². The third-order valence-corrected chi connectivity index (χ3v) is 6.80. The first-order chi connectivity index (χ1) is 17.2. The molecule has 1 aliphatic rings. The summed E-state index contributed by atoms with van der Waals surface area (Å²) in [5.41, 5.74) is 0.131. The number of benzene rings is 1. The molecular weight excluding hydrogens is 564 g/mol. The number of aromatic nitrogens is 1. The molecule has 0 spiro atoms. The Hall–Kier alpha value is -2.85. The van der Waals surface area contributed by atoms with Crippen molar-refractivity contribution >= 4 is 50.6 Å². The molecule has 9 nitrogen and oxygen atoms in total. The zero-order valence-corrected chi connectivity index (χ0v) is 24.2. The number of ether oxygens (including phenoxy) is 2. The average Bonchev–Trinajstić information content (AvgIpc) is 3.15. The van der Waals surface area contributed by atoms with E-state index >= 15 is 0 Å². The Balaban J connectivity index is 1.92. The number of allylic oxidation sites excluding steroid dienone is 1. The number of fused-ring (bicyclic) bond motifs is 1. The van der Waals surface area contributed by atoms with E-state index in [-0.39, 0.29) is 18.2 Å². The van der Waals surface area contributed by atoms with E-state index in [0.29, 0.717) is 10.9 Å². The summed E-state index contributed by atoms with van der Waals surface area (Å²) in [6.45, 7) is 11.2. The number of hydrogen-bond donors (Lipinski definition) is 4. The molecule has 1 aromatic carbocycles. The lowest BCUT2D eigenvalue weighted by atomic mass is 10.0. The third kappa shape index (κ3) is 7.58. The summed E-state index contributed by atoms with van der Waals surface area (Å²) in [6.07, 6.45) is 2.17. The molecule has 0 radical (unpaired) electrons. The van der Waals surface area contributed by atoms with Crippen LogP contribution in [0.3, 0.4) is 0 Å². The Morgan fingerprint density at radius 2 is 1.89 bits per heavy atom. The number of H-pyrrole nitrogens is 1. The topological polar surface area (TPSA) is 116 Å². The van der Waals surface area contributed by atoms with Crippen LogP contribution in [0, 0.1) is 0 Å². The van der Waals surface area contributed by atoms with Crippen LogP contribution in [-0.4, -0.2) is 56.5 Å². The van der Waals surface area contributed by atoms with Crippen LogP contribution in [-0.2, 0) is 15.9 Å². The average molecular weight is 598 g/mol. The molecule has 4 N–H and O–H groups in total. The van der Waals surface area contributed by atoms with Crippen molar-refractivity contribution in [3.8, 4) is 0 Å². The second-order valence-electron chi connectivity index (χ2n) is 10.8. The van der Waals surface area contributed by atoms with Crippen LogP contribution in [0.5, 0.6) is 0 Å². The van der Waals surface area contributed by atoms with Gasteiger partial charge < -0.3 is 29.8 Å². The summed E-state index contributed by atoms with van der Waals surface area (Å²) in [5.74, 6) is 0.488. The van der Waals surface area contributed by atoms with Crippen LogP contribution in [0.2, 0.25) is 0 Å². The largest absolute Gasteiger partial charge is 0.488 e. The standard InChI is InChI=1S/C26H34BrClN4O5/c1-25(2,3)32-21(28)18(27)12-20(22(32)31-23(33)34)36-14-16(30-24(35)37-26(4,5)6)11-15-13-29-19-10-8-7-9-17(15)19/h7-10,12-13,16,21,29,31H,11,14H2,1-6H3,(H,30,35)(H,33,34)/t16-,21?/m0/s1. The molecule has 2 aromatic rings. The summed E-state index contributed by atoms with van der Waals surface area (Å²) in [4.78, 5) is 29.3. The molecule has 0 aliphatic carbocycles. The minimum atomic E-state index is -1.25. The maximum absolute atomic E-state index is 12.7. The van der Waals surface area contributed by atoms with Gasteiger partial charge in [-0.25, -0.2) is 9.59 Å². The lowest BCUT2D eigenvalue weighted by molar-refractivity contribution is 0.0470. The van der Waals surface area contributed by atoms with Gasteiger partial charge in [0, 0.05) is 27.1 Å². The van der Waals surface area contributed by atoms with E-state index in [1.54, 1.807) is 31.7 Å². The highest BCUT2D eigenvalue weighted by molar-refractivity contribution is 9.11. The van der Waals surface area contributed by atoms with Crippen molar-refractivity contribution < 1.29 is 24.2 Å². The summed E-state index contributed by atoms with van der Waals surface area (Å²) in [7, 11) is 0. The van der Waals surface area contributed by atoms with Gasteiger partial charge in [0.25, 0.3) is 0 Å². The number of halogens is 2. The number of nitrogens with one attached hydrogen (secondary N) is 3. The number of alkyl carbamates (subject to hydrolysis) is 1. The molecular formula is C26H34BrClN4O5. The van der Waals surface area contributed by atoms with Gasteiger partial charge in [-0.1, -0.05) is 45.7 Å². The Kier molecular flexibility index (Phi) is 8.74. The first-order valence-electron chi connectivity index (χ1n) is 11.9. The van der Waals surface area contributed by atoms with Crippen molar-refractivity contribution in [2.45, 2.75) is 70.6 Å². The first-order valence-corrected chi connectivity index (χ1v) is 13.1. The number of alkyl halides is 1. The second kappa shape index (κ2) is 11.3. The minimum absolute atomic E-state index is 0.0423. The summed E-state index contributed by atoms with van der Waals surface area (Å²) >= 11 is 10.1. The normalized spacial score (nSPS) is 17.4. The van der Waals surface area contributed by atoms with Crippen molar-refractivity contribution in [3.63, 3.8) is 0 Å². The summed E-state index contributed by atoms with van der Waals surface area (Å²) in [6, 6.07) is 7.40. The Labute approximate surface area is 230 Å². The van der Waals surface area contributed by atoms with Crippen LogP contribution in [0.25, 0.3) is 10.9 Å². The monoisotopic (exact) mass is 596 g/mol. The first kappa shape index (κ1) is 28.7. The lowest BCUT2D eigenvalue weighted by Crippen LogP contribution is -2.51. The molecule has 11 heteroatoms. The maximum Gasteiger partial charge on any atom is 0.410 e. The SMILES string of the molecule is CC(C)(C)OC(=O)N[C@H](COC1=C(NC(=O)O)N(C(C)(C)C)C(Cl)C(Br)=C1)Cc1c[nH]c2ccccc12. The number of carboxylic acid groups (broad SMARTS) is 1. The molecule has 2 atom stereocenters. The minimum Gasteiger partial charge on any atom is -0.488 e. The van der Waals surface area contributed by atoms with E-state index in [4.69, 9.17) is 21.1 Å². The van der Waals surface area contributed by atoms with E-state index in [1.807, 2.05) is 51.2 Å². The van der Waals surface area contributed by atoms with E-state index < -0.39 is 34.9 Å². The third-order valence-electron chi connectivity index (χ3n) is 5.45. The Bertz CT molecular complexity index is 1210. The number of aromatic amines is 1. The van der Waals surface area contributed by atoms with Gasteiger partial charge in [-0.05, 0) is 65.7 Å². The van der Waals surface area contributed by atoms with Gasteiger partial charge in [0.15, 0.2) is 11.6 Å². The molecule has 1 aromatic heterocycles. The van der Waals surface area contributed by atoms with Crippen LogP contribution in [0.4, 0.5) is 9.59 Å². The second-order valence-corrected chi connectivity index (χ2v) is 12.1. The molecule has 202 valence electrons.